The highest BCUT2D eigenvalue weighted by Gasteiger charge is 2.19. The molecule has 3 aromatic carbocycles. The Bertz CT molecular complexity index is 1180. The molecular weight excluding hydrogens is 364 g/mol. The molecule has 26 heavy (non-hydrogen) atoms. The Hall–Kier alpha value is -2.60. The lowest BCUT2D eigenvalue weighted by Gasteiger charge is -2.09. The van der Waals surface area contributed by atoms with Crippen molar-refractivity contribution in [3.05, 3.63) is 70.8 Å². The first-order chi connectivity index (χ1) is 12.4. The van der Waals surface area contributed by atoms with Crippen LogP contribution in [0.2, 0.25) is 0 Å². The Morgan fingerprint density at radius 3 is 1.85 bits per heavy atom. The van der Waals surface area contributed by atoms with Crippen molar-refractivity contribution in [2.75, 3.05) is 0 Å². The molecule has 1 aromatic heterocycles. The standard InChI is InChI=1S/C20H12F4OS/c1-9-4-7-13(17(23)15(9)21)25-14-8-6-12-11-5-3-10(2)16(22)19(11)26-20(12)18(14)24/h3-8H,1-2H3. The highest BCUT2D eigenvalue weighted by molar-refractivity contribution is 7.25. The van der Waals surface area contributed by atoms with E-state index >= 15 is 0 Å². The molecule has 1 nitrogen and oxygen atoms in total. The highest BCUT2D eigenvalue weighted by atomic mass is 32.1. The number of fused-ring (bicyclic) bond motifs is 3. The number of hydrogen-bond acceptors (Lipinski definition) is 2. The maximum atomic E-state index is 14.9. The lowest BCUT2D eigenvalue weighted by Crippen LogP contribution is -1.96. The number of benzene rings is 3. The van der Waals surface area contributed by atoms with Gasteiger partial charge >= 0.3 is 0 Å². The van der Waals surface area contributed by atoms with Crippen LogP contribution in [-0.2, 0) is 0 Å². The quantitative estimate of drug-likeness (QED) is 0.342. The van der Waals surface area contributed by atoms with E-state index in [1.54, 1.807) is 25.1 Å². The summed E-state index contributed by atoms with van der Waals surface area (Å²) in [6.07, 6.45) is 0. The molecule has 0 atom stereocenters. The van der Waals surface area contributed by atoms with Crippen molar-refractivity contribution >= 4 is 31.5 Å². The molecule has 0 unspecified atom stereocenters. The molecule has 0 N–H and O–H groups in total. The number of aryl methyl sites for hydroxylation is 2. The van der Waals surface area contributed by atoms with Crippen molar-refractivity contribution in [1.82, 2.24) is 0 Å². The van der Waals surface area contributed by atoms with E-state index in [2.05, 4.69) is 0 Å². The summed E-state index contributed by atoms with van der Waals surface area (Å²) in [5.41, 5.74) is 0.597. The molecule has 1 heterocycles. The van der Waals surface area contributed by atoms with Crippen LogP contribution in [0, 0.1) is 37.1 Å². The smallest absolute Gasteiger partial charge is 0.201 e. The molecule has 0 aliphatic carbocycles. The van der Waals surface area contributed by atoms with Crippen LogP contribution in [0.15, 0.2) is 36.4 Å². The van der Waals surface area contributed by atoms with Gasteiger partial charge in [-0.1, -0.05) is 18.2 Å². The van der Waals surface area contributed by atoms with E-state index in [-0.39, 0.29) is 16.0 Å². The van der Waals surface area contributed by atoms with E-state index in [1.807, 2.05) is 0 Å². The van der Waals surface area contributed by atoms with Gasteiger partial charge in [0.15, 0.2) is 23.1 Å². The van der Waals surface area contributed by atoms with Gasteiger partial charge in [-0.2, -0.15) is 4.39 Å². The lowest BCUT2D eigenvalue weighted by atomic mass is 10.1. The number of hydrogen-bond donors (Lipinski definition) is 0. The van der Waals surface area contributed by atoms with Crippen molar-refractivity contribution in [2.24, 2.45) is 0 Å². The van der Waals surface area contributed by atoms with Gasteiger partial charge in [-0.15, -0.1) is 11.3 Å². The Labute approximate surface area is 150 Å². The summed E-state index contributed by atoms with van der Waals surface area (Å²) in [7, 11) is 0. The first kappa shape index (κ1) is 16.8. The topological polar surface area (TPSA) is 9.23 Å². The van der Waals surface area contributed by atoms with Crippen molar-refractivity contribution < 1.29 is 22.3 Å². The van der Waals surface area contributed by atoms with Gasteiger partial charge < -0.3 is 4.74 Å². The molecule has 0 saturated carbocycles. The first-order valence-electron chi connectivity index (χ1n) is 7.80. The van der Waals surface area contributed by atoms with Crippen molar-refractivity contribution in [3.8, 4) is 11.5 Å². The minimum atomic E-state index is -1.18. The molecule has 0 spiro atoms. The Kier molecular flexibility index (Phi) is 3.88. The minimum absolute atomic E-state index is 0.126. The first-order valence-corrected chi connectivity index (χ1v) is 8.62. The normalized spacial score (nSPS) is 11.5. The van der Waals surface area contributed by atoms with Gasteiger partial charge in [-0.25, -0.2) is 13.2 Å². The summed E-state index contributed by atoms with van der Waals surface area (Å²) in [5.74, 6) is -4.00. The van der Waals surface area contributed by atoms with Crippen LogP contribution in [0.3, 0.4) is 0 Å². The van der Waals surface area contributed by atoms with Crippen LogP contribution in [0.1, 0.15) is 11.1 Å². The Balaban J connectivity index is 1.87. The SMILES string of the molecule is Cc1ccc(Oc2ccc3c(sc4c(F)c(C)ccc43)c2F)c(F)c1F. The van der Waals surface area contributed by atoms with Gasteiger partial charge in [0.2, 0.25) is 5.82 Å². The molecule has 0 radical (unpaired) electrons. The third kappa shape index (κ3) is 2.44. The third-order valence-corrected chi connectivity index (χ3v) is 5.51. The fraction of sp³-hybridized carbons (Fsp3) is 0.100. The average molecular weight is 376 g/mol. The molecule has 4 rings (SSSR count). The van der Waals surface area contributed by atoms with E-state index < -0.39 is 29.0 Å². The lowest BCUT2D eigenvalue weighted by molar-refractivity contribution is 0.398. The van der Waals surface area contributed by atoms with Crippen LogP contribution in [0.5, 0.6) is 11.5 Å². The summed E-state index contributed by atoms with van der Waals surface area (Å²) in [4.78, 5) is 0. The summed E-state index contributed by atoms with van der Waals surface area (Å²) in [6, 6.07) is 8.88. The molecule has 0 aliphatic heterocycles. The zero-order valence-electron chi connectivity index (χ0n) is 13.8. The fourth-order valence-corrected chi connectivity index (χ4v) is 4.04. The molecule has 0 bridgehead atoms. The zero-order chi connectivity index (χ0) is 18.6. The van der Waals surface area contributed by atoms with E-state index in [1.165, 1.54) is 25.1 Å². The zero-order valence-corrected chi connectivity index (χ0v) is 14.6. The van der Waals surface area contributed by atoms with Gasteiger partial charge in [0.25, 0.3) is 0 Å². The van der Waals surface area contributed by atoms with Crippen molar-refractivity contribution in [3.63, 3.8) is 0 Å². The molecule has 4 aromatic rings. The number of halogens is 4. The van der Waals surface area contributed by atoms with Gasteiger partial charge in [-0.05, 0) is 43.2 Å². The Morgan fingerprint density at radius 2 is 1.12 bits per heavy atom. The highest BCUT2D eigenvalue weighted by Crippen LogP contribution is 2.41. The van der Waals surface area contributed by atoms with Gasteiger partial charge in [0, 0.05) is 10.8 Å². The van der Waals surface area contributed by atoms with Crippen molar-refractivity contribution in [1.29, 1.82) is 0 Å². The van der Waals surface area contributed by atoms with Crippen LogP contribution in [0.25, 0.3) is 20.2 Å². The van der Waals surface area contributed by atoms with E-state index in [4.69, 9.17) is 4.74 Å². The van der Waals surface area contributed by atoms with Gasteiger partial charge in [-0.3, -0.25) is 0 Å². The minimum Gasteiger partial charge on any atom is -0.451 e. The van der Waals surface area contributed by atoms with Crippen molar-refractivity contribution in [2.45, 2.75) is 13.8 Å². The second-order valence-corrected chi connectivity index (χ2v) is 7.06. The largest absolute Gasteiger partial charge is 0.451 e. The molecule has 0 amide bonds. The predicted octanol–water partition coefficient (Wildman–Crippen LogP) is 7.02. The fourth-order valence-electron chi connectivity index (χ4n) is 2.82. The van der Waals surface area contributed by atoms with E-state index in [0.717, 1.165) is 11.3 Å². The maximum absolute atomic E-state index is 14.9. The molecule has 0 saturated heterocycles. The molecular formula is C20H12F4OS. The number of thiophene rings is 1. The summed E-state index contributed by atoms with van der Waals surface area (Å²) < 4.78 is 62.7. The Morgan fingerprint density at radius 1 is 0.615 bits per heavy atom. The van der Waals surface area contributed by atoms with Gasteiger partial charge in [0.1, 0.15) is 5.82 Å². The summed E-state index contributed by atoms with van der Waals surface area (Å²) >= 11 is 0.966. The monoisotopic (exact) mass is 376 g/mol. The molecule has 0 fully saturated rings. The molecule has 0 aliphatic rings. The second-order valence-electron chi connectivity index (χ2n) is 6.04. The third-order valence-electron chi connectivity index (χ3n) is 4.31. The maximum Gasteiger partial charge on any atom is 0.201 e. The molecule has 132 valence electrons. The van der Waals surface area contributed by atoms with Crippen LogP contribution >= 0.6 is 11.3 Å². The van der Waals surface area contributed by atoms with Crippen LogP contribution < -0.4 is 4.74 Å². The average Bonchev–Trinajstić information content (AvgIpc) is 3.01. The van der Waals surface area contributed by atoms with E-state index in [9.17, 15) is 17.6 Å². The predicted molar refractivity (Wildman–Crippen MR) is 95.2 cm³/mol. The summed E-state index contributed by atoms with van der Waals surface area (Å²) in [6.45, 7) is 3.06. The van der Waals surface area contributed by atoms with Crippen LogP contribution in [0.4, 0.5) is 17.6 Å². The second kappa shape index (κ2) is 5.99. The number of ether oxygens (including phenoxy) is 1. The number of rotatable bonds is 2. The van der Waals surface area contributed by atoms with E-state index in [0.29, 0.717) is 21.0 Å². The van der Waals surface area contributed by atoms with Gasteiger partial charge in [0.05, 0.1) is 9.40 Å². The van der Waals surface area contributed by atoms with Crippen LogP contribution in [-0.4, -0.2) is 0 Å². The summed E-state index contributed by atoms with van der Waals surface area (Å²) in [5, 5.41) is 1.15. The molecule has 6 heteroatoms.